The van der Waals surface area contributed by atoms with Crippen molar-refractivity contribution in [2.24, 2.45) is 0 Å². The van der Waals surface area contributed by atoms with E-state index in [1.807, 2.05) is 55.3 Å². The average molecular weight is 361 g/mol. The fraction of sp³-hybridized carbons (Fsp3) is 0.316. The summed E-state index contributed by atoms with van der Waals surface area (Å²) in [7, 11) is 1.90. The molecule has 0 atom stereocenters. The number of halogens is 1. The molecule has 0 saturated heterocycles. The highest BCUT2D eigenvalue weighted by Gasteiger charge is 2.14. The second kappa shape index (κ2) is 7.76. The monoisotopic (exact) mass is 360 g/mol. The summed E-state index contributed by atoms with van der Waals surface area (Å²) in [5, 5.41) is 3.39. The number of hydrogen-bond donors (Lipinski definition) is 1. The van der Waals surface area contributed by atoms with Crippen LogP contribution in [0.25, 0.3) is 0 Å². The number of amides is 1. The molecule has 1 aliphatic rings. The molecule has 0 aromatic heterocycles. The molecule has 132 valence electrons. The van der Waals surface area contributed by atoms with Gasteiger partial charge in [0.05, 0.1) is 17.3 Å². The predicted molar refractivity (Wildman–Crippen MR) is 98.6 cm³/mol. The Labute approximate surface area is 152 Å². The average Bonchev–Trinajstić information content (AvgIpc) is 2.57. The maximum atomic E-state index is 12.2. The highest BCUT2D eigenvalue weighted by atomic mass is 35.5. The number of ether oxygens (including phenoxy) is 2. The first-order valence-electron chi connectivity index (χ1n) is 8.14. The van der Waals surface area contributed by atoms with Gasteiger partial charge in [0.15, 0.2) is 11.5 Å². The van der Waals surface area contributed by atoms with Crippen LogP contribution in [-0.2, 0) is 11.3 Å². The van der Waals surface area contributed by atoms with Gasteiger partial charge in [0, 0.05) is 6.54 Å². The maximum absolute atomic E-state index is 12.2. The number of fused-ring (bicyclic) bond motifs is 1. The third-order valence-corrected chi connectivity index (χ3v) is 4.18. The van der Waals surface area contributed by atoms with E-state index in [-0.39, 0.29) is 12.5 Å². The molecule has 2 aromatic rings. The Kier molecular flexibility index (Phi) is 5.46. The van der Waals surface area contributed by atoms with Gasteiger partial charge in [-0.3, -0.25) is 9.69 Å². The number of nitrogens with zero attached hydrogens (tertiary/aromatic N) is 1. The highest BCUT2D eigenvalue weighted by molar-refractivity contribution is 6.33. The number of carbonyl (C=O) groups is 1. The summed E-state index contributed by atoms with van der Waals surface area (Å²) < 4.78 is 11.1. The van der Waals surface area contributed by atoms with E-state index in [1.165, 1.54) is 0 Å². The predicted octanol–water partition coefficient (Wildman–Crippen LogP) is 3.49. The summed E-state index contributed by atoms with van der Waals surface area (Å²) in [6, 6.07) is 11.4. The fourth-order valence-electron chi connectivity index (χ4n) is 2.71. The fourth-order valence-corrected chi connectivity index (χ4v) is 2.99. The van der Waals surface area contributed by atoms with E-state index in [9.17, 15) is 4.79 Å². The molecule has 1 heterocycles. The van der Waals surface area contributed by atoms with E-state index < -0.39 is 0 Å². The van der Waals surface area contributed by atoms with Crippen molar-refractivity contribution in [2.75, 3.05) is 32.1 Å². The Morgan fingerprint density at radius 2 is 1.92 bits per heavy atom. The van der Waals surface area contributed by atoms with E-state index in [2.05, 4.69) is 5.32 Å². The van der Waals surface area contributed by atoms with Crippen molar-refractivity contribution >= 4 is 23.2 Å². The third kappa shape index (κ3) is 4.65. The van der Waals surface area contributed by atoms with Gasteiger partial charge < -0.3 is 14.8 Å². The number of hydrogen-bond acceptors (Lipinski definition) is 4. The molecular formula is C19H21ClN2O3. The van der Waals surface area contributed by atoms with E-state index >= 15 is 0 Å². The van der Waals surface area contributed by atoms with E-state index in [0.29, 0.717) is 30.5 Å². The van der Waals surface area contributed by atoms with Gasteiger partial charge in [0.25, 0.3) is 0 Å². The smallest absolute Gasteiger partial charge is 0.238 e. The van der Waals surface area contributed by atoms with Crippen LogP contribution in [0, 0.1) is 6.92 Å². The molecule has 1 N–H and O–H groups in total. The van der Waals surface area contributed by atoms with Crippen molar-refractivity contribution in [1.82, 2.24) is 4.90 Å². The van der Waals surface area contributed by atoms with Crippen LogP contribution in [0.1, 0.15) is 11.1 Å². The second-order valence-electron chi connectivity index (χ2n) is 6.18. The maximum Gasteiger partial charge on any atom is 0.238 e. The number of anilines is 1. The number of likely N-dealkylation sites (N-methyl/N-ethyl adjacent to an activating group) is 1. The summed E-state index contributed by atoms with van der Waals surface area (Å²) in [4.78, 5) is 14.2. The van der Waals surface area contributed by atoms with Crippen LogP contribution in [0.4, 0.5) is 5.69 Å². The molecule has 0 saturated carbocycles. The molecule has 3 rings (SSSR count). The summed E-state index contributed by atoms with van der Waals surface area (Å²) in [5.74, 6) is 1.42. The molecular weight excluding hydrogens is 340 g/mol. The minimum absolute atomic E-state index is 0.106. The van der Waals surface area contributed by atoms with Gasteiger partial charge in [-0.05, 0) is 49.4 Å². The largest absolute Gasteiger partial charge is 0.486 e. The van der Waals surface area contributed by atoms with Crippen LogP contribution < -0.4 is 14.8 Å². The first-order chi connectivity index (χ1) is 12.0. The highest BCUT2D eigenvalue weighted by Crippen LogP contribution is 2.31. The van der Waals surface area contributed by atoms with Crippen molar-refractivity contribution in [3.05, 3.63) is 52.5 Å². The summed E-state index contributed by atoms with van der Waals surface area (Å²) in [6.07, 6.45) is 0. The Bertz CT molecular complexity index is 779. The van der Waals surface area contributed by atoms with Crippen LogP contribution in [0.5, 0.6) is 11.5 Å². The number of carbonyl (C=O) groups excluding carboxylic acids is 1. The van der Waals surface area contributed by atoms with E-state index in [1.54, 1.807) is 0 Å². The van der Waals surface area contributed by atoms with Gasteiger partial charge in [-0.1, -0.05) is 23.7 Å². The van der Waals surface area contributed by atoms with Crippen LogP contribution in [-0.4, -0.2) is 37.6 Å². The van der Waals surface area contributed by atoms with Crippen molar-refractivity contribution in [1.29, 1.82) is 0 Å². The van der Waals surface area contributed by atoms with Crippen molar-refractivity contribution < 1.29 is 14.3 Å². The zero-order valence-corrected chi connectivity index (χ0v) is 15.1. The first-order valence-corrected chi connectivity index (χ1v) is 8.52. The van der Waals surface area contributed by atoms with Crippen LogP contribution in [0.3, 0.4) is 0 Å². The molecule has 0 bridgehead atoms. The second-order valence-corrected chi connectivity index (χ2v) is 6.59. The minimum atomic E-state index is -0.106. The summed E-state index contributed by atoms with van der Waals surface area (Å²) >= 11 is 6.15. The van der Waals surface area contributed by atoms with Crippen molar-refractivity contribution in [2.45, 2.75) is 13.5 Å². The number of aryl methyl sites for hydroxylation is 1. The normalized spacial score (nSPS) is 13.0. The Morgan fingerprint density at radius 1 is 1.16 bits per heavy atom. The zero-order chi connectivity index (χ0) is 17.8. The number of benzene rings is 2. The van der Waals surface area contributed by atoms with Crippen molar-refractivity contribution in [3.8, 4) is 11.5 Å². The van der Waals surface area contributed by atoms with Gasteiger partial charge in [0.2, 0.25) is 5.91 Å². The summed E-state index contributed by atoms with van der Waals surface area (Å²) in [5.41, 5.74) is 2.75. The Morgan fingerprint density at radius 3 is 2.68 bits per heavy atom. The molecule has 25 heavy (non-hydrogen) atoms. The summed E-state index contributed by atoms with van der Waals surface area (Å²) in [6.45, 7) is 3.99. The molecule has 5 nitrogen and oxygen atoms in total. The number of nitrogens with one attached hydrogen (secondary N) is 1. The molecule has 1 amide bonds. The minimum Gasteiger partial charge on any atom is -0.486 e. The lowest BCUT2D eigenvalue weighted by Gasteiger charge is -2.21. The quantitative estimate of drug-likeness (QED) is 0.886. The molecule has 6 heteroatoms. The molecule has 0 aliphatic carbocycles. The van der Waals surface area contributed by atoms with E-state index in [0.717, 1.165) is 22.6 Å². The van der Waals surface area contributed by atoms with Gasteiger partial charge in [0.1, 0.15) is 13.2 Å². The van der Waals surface area contributed by atoms with Crippen LogP contribution >= 0.6 is 11.6 Å². The first kappa shape index (κ1) is 17.6. The van der Waals surface area contributed by atoms with Gasteiger partial charge in [-0.2, -0.15) is 0 Å². The Balaban J connectivity index is 1.56. The molecule has 1 aliphatic heterocycles. The van der Waals surface area contributed by atoms with Gasteiger partial charge in [-0.25, -0.2) is 0 Å². The van der Waals surface area contributed by atoms with Crippen LogP contribution in [0.2, 0.25) is 5.02 Å². The zero-order valence-electron chi connectivity index (χ0n) is 14.3. The molecule has 0 fully saturated rings. The SMILES string of the molecule is Cc1ccc(NC(=O)CN(C)Cc2ccc3c(c2)OCCO3)c(Cl)c1. The lowest BCUT2D eigenvalue weighted by Crippen LogP contribution is -2.30. The topological polar surface area (TPSA) is 50.8 Å². The standard InChI is InChI=1S/C19H21ClN2O3/c1-13-3-5-16(15(20)9-13)21-19(23)12-22(2)11-14-4-6-17-18(10-14)25-8-7-24-17/h3-6,9-10H,7-8,11-12H2,1-2H3,(H,21,23). The molecule has 0 spiro atoms. The molecule has 0 radical (unpaired) electrons. The Hall–Kier alpha value is -2.24. The van der Waals surface area contributed by atoms with E-state index in [4.69, 9.17) is 21.1 Å². The lowest BCUT2D eigenvalue weighted by molar-refractivity contribution is -0.117. The lowest BCUT2D eigenvalue weighted by atomic mass is 10.2. The van der Waals surface area contributed by atoms with Gasteiger partial charge >= 0.3 is 0 Å². The number of rotatable bonds is 5. The molecule has 0 unspecified atom stereocenters. The third-order valence-electron chi connectivity index (χ3n) is 3.87. The van der Waals surface area contributed by atoms with Gasteiger partial charge in [-0.15, -0.1) is 0 Å². The molecule has 2 aromatic carbocycles. The van der Waals surface area contributed by atoms with Crippen molar-refractivity contribution in [3.63, 3.8) is 0 Å². The van der Waals surface area contributed by atoms with Crippen LogP contribution in [0.15, 0.2) is 36.4 Å².